The molecule has 3 nitrogen and oxygen atoms in total. The van der Waals surface area contributed by atoms with Crippen LogP contribution >= 0.6 is 0 Å². The predicted molar refractivity (Wildman–Crippen MR) is 62.1 cm³/mol. The van der Waals surface area contributed by atoms with Crippen molar-refractivity contribution in [2.24, 2.45) is 5.41 Å². The molecule has 88 valence electrons. The first-order valence-electron chi connectivity index (χ1n) is 6.35. The second-order valence-corrected chi connectivity index (χ2v) is 5.04. The molecule has 2 fully saturated rings. The first-order valence-corrected chi connectivity index (χ1v) is 6.35. The Balaban J connectivity index is 1.61. The second kappa shape index (κ2) is 5.28. The SMILES string of the molecule is CCC1(CCCN2CCNCC2)COC1. The monoisotopic (exact) mass is 212 g/mol. The molecule has 0 amide bonds. The van der Waals surface area contributed by atoms with E-state index >= 15 is 0 Å². The number of hydrogen-bond donors (Lipinski definition) is 1. The smallest absolute Gasteiger partial charge is 0.0544 e. The van der Waals surface area contributed by atoms with Gasteiger partial charge in [0.15, 0.2) is 0 Å². The molecule has 0 radical (unpaired) electrons. The average molecular weight is 212 g/mol. The maximum atomic E-state index is 5.35. The zero-order chi connectivity index (χ0) is 10.6. The van der Waals surface area contributed by atoms with Crippen molar-refractivity contribution in [2.75, 3.05) is 45.9 Å². The molecule has 0 atom stereocenters. The number of hydrogen-bond acceptors (Lipinski definition) is 3. The van der Waals surface area contributed by atoms with Crippen LogP contribution in [0.4, 0.5) is 0 Å². The third-order valence-electron chi connectivity index (χ3n) is 3.96. The molecule has 0 aliphatic carbocycles. The van der Waals surface area contributed by atoms with Gasteiger partial charge in [0, 0.05) is 31.6 Å². The minimum atomic E-state index is 0.550. The van der Waals surface area contributed by atoms with Crippen molar-refractivity contribution in [3.63, 3.8) is 0 Å². The predicted octanol–water partition coefficient (Wildman–Crippen LogP) is 1.10. The molecule has 15 heavy (non-hydrogen) atoms. The standard InChI is InChI=1S/C12H24N2O/c1-2-12(10-15-11-12)4-3-7-14-8-5-13-6-9-14/h13H,2-11H2,1H3. The number of ether oxygens (including phenoxy) is 1. The summed E-state index contributed by atoms with van der Waals surface area (Å²) >= 11 is 0. The number of piperazine rings is 1. The van der Waals surface area contributed by atoms with E-state index in [4.69, 9.17) is 4.74 Å². The molecule has 0 unspecified atom stereocenters. The van der Waals surface area contributed by atoms with E-state index in [-0.39, 0.29) is 0 Å². The van der Waals surface area contributed by atoms with Crippen LogP contribution in [0.25, 0.3) is 0 Å². The average Bonchev–Trinajstić information content (AvgIpc) is 2.24. The Morgan fingerprint density at radius 2 is 2.00 bits per heavy atom. The van der Waals surface area contributed by atoms with Crippen molar-refractivity contribution in [2.45, 2.75) is 26.2 Å². The highest BCUT2D eigenvalue weighted by atomic mass is 16.5. The Hall–Kier alpha value is -0.120. The van der Waals surface area contributed by atoms with Gasteiger partial charge in [0.2, 0.25) is 0 Å². The minimum Gasteiger partial charge on any atom is -0.380 e. The lowest BCUT2D eigenvalue weighted by molar-refractivity contribution is -0.120. The third-order valence-corrected chi connectivity index (χ3v) is 3.96. The Bertz CT molecular complexity index is 181. The van der Waals surface area contributed by atoms with Gasteiger partial charge in [0.1, 0.15) is 0 Å². The summed E-state index contributed by atoms with van der Waals surface area (Å²) in [5.41, 5.74) is 0.550. The third kappa shape index (κ3) is 2.92. The van der Waals surface area contributed by atoms with Crippen LogP contribution in [0.5, 0.6) is 0 Å². The summed E-state index contributed by atoms with van der Waals surface area (Å²) < 4.78 is 5.35. The first-order chi connectivity index (χ1) is 7.35. The van der Waals surface area contributed by atoms with Crippen molar-refractivity contribution >= 4 is 0 Å². The van der Waals surface area contributed by atoms with Crippen molar-refractivity contribution in [1.82, 2.24) is 10.2 Å². The van der Waals surface area contributed by atoms with Crippen LogP contribution in [-0.4, -0.2) is 50.8 Å². The lowest BCUT2D eigenvalue weighted by atomic mass is 9.79. The Kier molecular flexibility index (Phi) is 4.00. The highest BCUT2D eigenvalue weighted by molar-refractivity contribution is 4.84. The van der Waals surface area contributed by atoms with E-state index in [1.807, 2.05) is 0 Å². The van der Waals surface area contributed by atoms with Crippen LogP contribution in [0.15, 0.2) is 0 Å². The van der Waals surface area contributed by atoms with Gasteiger partial charge in [-0.15, -0.1) is 0 Å². The van der Waals surface area contributed by atoms with Crippen LogP contribution in [-0.2, 0) is 4.74 Å². The normalized spacial score (nSPS) is 26.2. The molecule has 0 aromatic heterocycles. The van der Waals surface area contributed by atoms with Gasteiger partial charge in [-0.1, -0.05) is 6.92 Å². The topological polar surface area (TPSA) is 24.5 Å². The quantitative estimate of drug-likeness (QED) is 0.738. The molecule has 0 bridgehead atoms. The molecule has 2 aliphatic heterocycles. The highest BCUT2D eigenvalue weighted by Gasteiger charge is 2.35. The van der Waals surface area contributed by atoms with Crippen molar-refractivity contribution in [3.05, 3.63) is 0 Å². The highest BCUT2D eigenvalue weighted by Crippen LogP contribution is 2.35. The van der Waals surface area contributed by atoms with Crippen molar-refractivity contribution < 1.29 is 4.74 Å². The molecule has 0 aromatic rings. The Morgan fingerprint density at radius 3 is 2.53 bits per heavy atom. The van der Waals surface area contributed by atoms with Crippen LogP contribution in [0.2, 0.25) is 0 Å². The summed E-state index contributed by atoms with van der Waals surface area (Å²) in [4.78, 5) is 2.58. The van der Waals surface area contributed by atoms with Gasteiger partial charge in [-0.05, 0) is 25.8 Å². The van der Waals surface area contributed by atoms with Gasteiger partial charge in [0.25, 0.3) is 0 Å². The fourth-order valence-corrected chi connectivity index (χ4v) is 2.53. The first kappa shape index (κ1) is 11.4. The lowest BCUT2D eigenvalue weighted by Crippen LogP contribution is -2.45. The fraction of sp³-hybridized carbons (Fsp3) is 1.00. The van der Waals surface area contributed by atoms with Crippen LogP contribution in [0.1, 0.15) is 26.2 Å². The zero-order valence-corrected chi connectivity index (χ0v) is 9.93. The molecule has 0 spiro atoms. The van der Waals surface area contributed by atoms with Gasteiger partial charge < -0.3 is 15.0 Å². The number of nitrogens with zero attached hydrogens (tertiary/aromatic N) is 1. The molecule has 2 rings (SSSR count). The van der Waals surface area contributed by atoms with E-state index in [0.29, 0.717) is 5.41 Å². The van der Waals surface area contributed by atoms with E-state index in [1.54, 1.807) is 0 Å². The molecule has 0 saturated carbocycles. The van der Waals surface area contributed by atoms with Gasteiger partial charge >= 0.3 is 0 Å². The summed E-state index contributed by atoms with van der Waals surface area (Å²) in [7, 11) is 0. The zero-order valence-electron chi connectivity index (χ0n) is 9.93. The molecule has 0 aromatic carbocycles. The molecule has 2 aliphatic rings. The summed E-state index contributed by atoms with van der Waals surface area (Å²) in [6, 6.07) is 0. The molecular weight excluding hydrogens is 188 g/mol. The summed E-state index contributed by atoms with van der Waals surface area (Å²) in [5.74, 6) is 0. The lowest BCUT2D eigenvalue weighted by Gasteiger charge is -2.41. The van der Waals surface area contributed by atoms with Gasteiger partial charge in [0.05, 0.1) is 13.2 Å². The molecule has 3 heteroatoms. The Morgan fingerprint density at radius 1 is 1.27 bits per heavy atom. The second-order valence-electron chi connectivity index (χ2n) is 5.04. The maximum Gasteiger partial charge on any atom is 0.0544 e. The fourth-order valence-electron chi connectivity index (χ4n) is 2.53. The van der Waals surface area contributed by atoms with Crippen LogP contribution in [0, 0.1) is 5.41 Å². The molecule has 2 heterocycles. The van der Waals surface area contributed by atoms with Crippen LogP contribution in [0.3, 0.4) is 0 Å². The van der Waals surface area contributed by atoms with E-state index in [0.717, 1.165) is 13.2 Å². The van der Waals surface area contributed by atoms with E-state index < -0.39 is 0 Å². The van der Waals surface area contributed by atoms with Crippen molar-refractivity contribution in [3.8, 4) is 0 Å². The van der Waals surface area contributed by atoms with E-state index in [9.17, 15) is 0 Å². The summed E-state index contributed by atoms with van der Waals surface area (Å²) in [5, 5.41) is 3.39. The van der Waals surface area contributed by atoms with E-state index in [2.05, 4.69) is 17.1 Å². The van der Waals surface area contributed by atoms with Gasteiger partial charge in [-0.25, -0.2) is 0 Å². The van der Waals surface area contributed by atoms with Gasteiger partial charge in [-0.2, -0.15) is 0 Å². The number of rotatable bonds is 5. The maximum absolute atomic E-state index is 5.35. The summed E-state index contributed by atoms with van der Waals surface area (Å²) in [6.45, 7) is 10.4. The molecular formula is C12H24N2O. The van der Waals surface area contributed by atoms with Crippen LogP contribution < -0.4 is 5.32 Å². The van der Waals surface area contributed by atoms with Gasteiger partial charge in [-0.3, -0.25) is 0 Å². The number of nitrogens with one attached hydrogen (secondary N) is 1. The molecule has 1 N–H and O–H groups in total. The largest absolute Gasteiger partial charge is 0.380 e. The van der Waals surface area contributed by atoms with E-state index in [1.165, 1.54) is 52.0 Å². The Labute approximate surface area is 93.2 Å². The minimum absolute atomic E-state index is 0.550. The van der Waals surface area contributed by atoms with Crippen molar-refractivity contribution in [1.29, 1.82) is 0 Å². The summed E-state index contributed by atoms with van der Waals surface area (Å²) in [6.07, 6.45) is 3.99. The molecule has 2 saturated heterocycles.